The Labute approximate surface area is 176 Å². The molecule has 30 heavy (non-hydrogen) atoms. The molecule has 2 aliphatic carbocycles. The van der Waals surface area contributed by atoms with Gasteiger partial charge in [0.2, 0.25) is 0 Å². The van der Waals surface area contributed by atoms with Crippen LogP contribution in [0.2, 0.25) is 0 Å². The number of ketones is 1. The minimum Gasteiger partial charge on any atom is -0.472 e. The molecule has 0 amide bonds. The van der Waals surface area contributed by atoms with Crippen LogP contribution >= 0.6 is 0 Å². The number of hydrogen-bond donors (Lipinski definition) is 1. The summed E-state index contributed by atoms with van der Waals surface area (Å²) in [5.41, 5.74) is 0.225. The van der Waals surface area contributed by atoms with Gasteiger partial charge in [-0.05, 0) is 43.1 Å². The third-order valence-corrected chi connectivity index (χ3v) is 7.47. The maximum absolute atomic E-state index is 13.1. The van der Waals surface area contributed by atoms with Crippen LogP contribution in [0.15, 0.2) is 23.0 Å². The van der Waals surface area contributed by atoms with E-state index >= 15 is 0 Å². The van der Waals surface area contributed by atoms with Crippen molar-refractivity contribution in [3.8, 4) is 0 Å². The molecule has 1 aromatic rings. The number of cyclic esters (lactones) is 1. The highest BCUT2D eigenvalue weighted by molar-refractivity contribution is 5.92. The summed E-state index contributed by atoms with van der Waals surface area (Å²) in [6.07, 6.45) is 4.84. The van der Waals surface area contributed by atoms with Crippen molar-refractivity contribution in [1.29, 1.82) is 0 Å². The third-order valence-electron chi connectivity index (χ3n) is 7.47. The lowest BCUT2D eigenvalue weighted by Gasteiger charge is -2.56. The normalized spacial score (nSPS) is 38.4. The van der Waals surface area contributed by atoms with Gasteiger partial charge in [0.05, 0.1) is 37.1 Å². The smallest absolute Gasteiger partial charge is 0.310 e. The Kier molecular flexibility index (Phi) is 5.75. The molecule has 3 fully saturated rings. The molecule has 0 aromatic carbocycles. The van der Waals surface area contributed by atoms with Gasteiger partial charge < -0.3 is 19.0 Å². The summed E-state index contributed by atoms with van der Waals surface area (Å²) in [6, 6.07) is 1.77. The van der Waals surface area contributed by atoms with E-state index in [0.717, 1.165) is 18.4 Å². The van der Waals surface area contributed by atoms with Crippen LogP contribution < -0.4 is 0 Å². The number of hydrogen-bond acceptors (Lipinski definition) is 7. The van der Waals surface area contributed by atoms with Crippen LogP contribution in [0.5, 0.6) is 0 Å². The fourth-order valence-electron chi connectivity index (χ4n) is 5.83. The summed E-state index contributed by atoms with van der Waals surface area (Å²) < 4.78 is 16.2. The van der Waals surface area contributed by atoms with Crippen molar-refractivity contribution in [2.75, 3.05) is 6.61 Å². The molecular weight excluding hydrogens is 388 g/mol. The average Bonchev–Trinajstić information content (AvgIpc) is 3.24. The number of carbonyl (C=O) groups is 3. The van der Waals surface area contributed by atoms with Gasteiger partial charge in [-0.15, -0.1) is 0 Å². The largest absolute Gasteiger partial charge is 0.472 e. The summed E-state index contributed by atoms with van der Waals surface area (Å²) in [6.45, 7) is 4.34. The van der Waals surface area contributed by atoms with Crippen LogP contribution in [0.4, 0.5) is 0 Å². The highest BCUT2D eigenvalue weighted by Crippen LogP contribution is 2.60. The van der Waals surface area contributed by atoms with Gasteiger partial charge >= 0.3 is 11.9 Å². The van der Waals surface area contributed by atoms with E-state index in [1.165, 1.54) is 6.26 Å². The summed E-state index contributed by atoms with van der Waals surface area (Å²) in [7, 11) is 0. The molecule has 4 rings (SSSR count). The van der Waals surface area contributed by atoms with Crippen molar-refractivity contribution in [2.24, 2.45) is 29.1 Å². The Hall–Kier alpha value is -2.15. The second-order valence-corrected chi connectivity index (χ2v) is 9.30. The maximum Gasteiger partial charge on any atom is 0.310 e. The van der Waals surface area contributed by atoms with Gasteiger partial charge in [-0.2, -0.15) is 0 Å². The fraction of sp³-hybridized carbons (Fsp3) is 0.696. The molecule has 1 aromatic heterocycles. The molecule has 0 spiro atoms. The number of furan rings is 1. The quantitative estimate of drug-likeness (QED) is 0.578. The predicted molar refractivity (Wildman–Crippen MR) is 105 cm³/mol. The Balaban J connectivity index is 1.63. The molecule has 3 aliphatic rings. The second-order valence-electron chi connectivity index (χ2n) is 9.30. The van der Waals surface area contributed by atoms with E-state index in [9.17, 15) is 19.5 Å². The Morgan fingerprint density at radius 3 is 2.83 bits per heavy atom. The predicted octanol–water partition coefficient (Wildman–Crippen LogP) is 3.21. The third kappa shape index (κ3) is 3.57. The van der Waals surface area contributed by atoms with E-state index < -0.39 is 41.3 Å². The van der Waals surface area contributed by atoms with Crippen LogP contribution in [0.25, 0.3) is 0 Å². The molecule has 2 saturated carbocycles. The molecule has 0 unspecified atom stereocenters. The number of rotatable bonds is 5. The lowest BCUT2D eigenvalue weighted by atomic mass is 9.48. The zero-order valence-corrected chi connectivity index (χ0v) is 17.5. The molecule has 7 nitrogen and oxygen atoms in total. The van der Waals surface area contributed by atoms with Gasteiger partial charge in [0.15, 0.2) is 0 Å². The Bertz CT molecular complexity index is 800. The molecule has 2 heterocycles. The van der Waals surface area contributed by atoms with Crippen molar-refractivity contribution in [3.63, 3.8) is 0 Å². The minimum atomic E-state index is -0.705. The molecule has 1 aliphatic heterocycles. The molecule has 164 valence electrons. The van der Waals surface area contributed by atoms with Crippen LogP contribution in [-0.2, 0) is 23.9 Å². The van der Waals surface area contributed by atoms with Gasteiger partial charge in [-0.25, -0.2) is 0 Å². The van der Waals surface area contributed by atoms with E-state index in [1.54, 1.807) is 12.3 Å². The number of esters is 2. The Morgan fingerprint density at radius 1 is 1.33 bits per heavy atom. The number of aliphatic hydroxyl groups excluding tert-OH is 1. The highest BCUT2D eigenvalue weighted by atomic mass is 16.5. The first-order valence-electron chi connectivity index (χ1n) is 10.9. The first kappa shape index (κ1) is 21.1. The van der Waals surface area contributed by atoms with E-state index in [1.807, 2.05) is 13.8 Å². The van der Waals surface area contributed by atoms with Gasteiger partial charge in [0.1, 0.15) is 11.9 Å². The molecule has 7 atom stereocenters. The molecule has 7 heteroatoms. The molecule has 1 saturated heterocycles. The lowest BCUT2D eigenvalue weighted by molar-refractivity contribution is -0.197. The summed E-state index contributed by atoms with van der Waals surface area (Å²) >= 11 is 0. The summed E-state index contributed by atoms with van der Waals surface area (Å²) in [4.78, 5) is 38.8. The summed E-state index contributed by atoms with van der Waals surface area (Å²) in [5, 5.41) is 10.6. The summed E-state index contributed by atoms with van der Waals surface area (Å²) in [5.74, 6) is -2.91. The van der Waals surface area contributed by atoms with Gasteiger partial charge in [-0.1, -0.05) is 20.3 Å². The molecular formula is C23H30O7. The van der Waals surface area contributed by atoms with E-state index in [2.05, 4.69) is 0 Å². The van der Waals surface area contributed by atoms with Crippen LogP contribution in [0.3, 0.4) is 0 Å². The number of Topliss-reactive ketones (excluding diaryl/α,β-unsaturated/α-hetero) is 1. The first-order valence-corrected chi connectivity index (χ1v) is 10.9. The molecule has 0 radical (unpaired) electrons. The second kappa shape index (κ2) is 8.17. The topological polar surface area (TPSA) is 103 Å². The first-order chi connectivity index (χ1) is 14.3. The molecule has 1 N–H and O–H groups in total. The Morgan fingerprint density at radius 2 is 2.13 bits per heavy atom. The van der Waals surface area contributed by atoms with Crippen molar-refractivity contribution in [1.82, 2.24) is 0 Å². The number of carbonyl (C=O) groups excluding carboxylic acids is 3. The minimum absolute atomic E-state index is 0.0729. The average molecular weight is 418 g/mol. The zero-order chi connectivity index (χ0) is 21.5. The zero-order valence-electron chi connectivity index (χ0n) is 17.5. The van der Waals surface area contributed by atoms with Crippen LogP contribution in [-0.4, -0.2) is 35.5 Å². The number of aliphatic hydroxyl groups is 1. The van der Waals surface area contributed by atoms with Crippen molar-refractivity contribution < 1.29 is 33.4 Å². The van der Waals surface area contributed by atoms with E-state index in [0.29, 0.717) is 19.4 Å². The van der Waals surface area contributed by atoms with E-state index in [4.69, 9.17) is 13.9 Å². The number of unbranched alkanes of at least 4 members (excludes halogenated alkanes) is 1. The fourth-order valence-corrected chi connectivity index (χ4v) is 5.83. The number of fused-ring (bicyclic) bond motifs is 3. The maximum atomic E-state index is 13.1. The number of ether oxygens (including phenoxy) is 2. The highest BCUT2D eigenvalue weighted by Gasteiger charge is 2.62. The van der Waals surface area contributed by atoms with Gasteiger partial charge in [0, 0.05) is 17.9 Å². The lowest BCUT2D eigenvalue weighted by Crippen LogP contribution is -2.59. The standard InChI is InChI=1S/C23H30O7/c1-3-4-6-29-21(26)15-8-14(24)9-16-20(15)18(25)10-17-22(27)30-19(11-23(16,17)2)13-5-7-28-12-13/h5,7,12,14-17,19-20,24H,3-4,6,8-11H2,1-2H3/t14-,15-,16+,17-,19-,20+,23-/m0/s1. The van der Waals surface area contributed by atoms with Gasteiger partial charge in [-0.3, -0.25) is 14.4 Å². The van der Waals surface area contributed by atoms with Crippen molar-refractivity contribution >= 4 is 17.7 Å². The molecule has 0 bridgehead atoms. The van der Waals surface area contributed by atoms with Crippen molar-refractivity contribution in [2.45, 2.75) is 64.6 Å². The van der Waals surface area contributed by atoms with Gasteiger partial charge in [0.25, 0.3) is 0 Å². The van der Waals surface area contributed by atoms with Crippen LogP contribution in [0.1, 0.15) is 64.0 Å². The van der Waals surface area contributed by atoms with E-state index in [-0.39, 0.29) is 30.5 Å². The SMILES string of the molecule is CCCCOC(=O)[C@H]1C[C@H](O)C[C@@H]2[C@@H]1C(=O)C[C@H]1C(=O)O[C@H](c3ccoc3)C[C@@]21C. The monoisotopic (exact) mass is 418 g/mol. The van der Waals surface area contributed by atoms with Crippen molar-refractivity contribution in [3.05, 3.63) is 24.2 Å². The van der Waals surface area contributed by atoms with Crippen LogP contribution in [0, 0.1) is 29.1 Å².